The van der Waals surface area contributed by atoms with Crippen molar-refractivity contribution in [2.45, 2.75) is 175 Å². The van der Waals surface area contributed by atoms with Gasteiger partial charge < -0.3 is 20.9 Å². The van der Waals surface area contributed by atoms with Crippen molar-refractivity contribution in [3.8, 4) is 0 Å². The average molecular weight is 2150 g/mol. The van der Waals surface area contributed by atoms with Gasteiger partial charge in [-0.15, -0.1) is 0 Å². The summed E-state index contributed by atoms with van der Waals surface area (Å²) < 4.78 is 16.9. The number of esters is 4. The molecule has 4 atom stereocenters. The molecule has 2 saturated heterocycles. The number of carbonyl (C=O) groups is 8. The van der Waals surface area contributed by atoms with Gasteiger partial charge in [0.15, 0.2) is 0 Å². The molecule has 6 aliphatic carbocycles. The van der Waals surface area contributed by atoms with Crippen LogP contribution in [0.5, 0.6) is 0 Å². The molecule has 2 fully saturated rings. The molecular formula is C98H111I4N10O10V. The number of cyclic esters (lactones) is 4. The first-order valence-corrected chi connectivity index (χ1v) is 56.2. The van der Waals surface area contributed by atoms with Crippen LogP contribution in [0.15, 0.2) is 233 Å². The number of hydrogen-bond donors (Lipinski definition) is 2. The number of allylic oxidation sites excluding steroid dienone is 20. The normalized spacial score (nSPS) is 20.1. The predicted octanol–water partition coefficient (Wildman–Crippen LogP) is 24.9. The third-order valence-electron chi connectivity index (χ3n) is 24.1. The Morgan fingerprint density at radius 1 is 0.268 bits per heavy atom. The Morgan fingerprint density at radius 3 is 0.593 bits per heavy atom. The van der Waals surface area contributed by atoms with Gasteiger partial charge in [0, 0.05) is 102 Å². The summed E-state index contributed by atoms with van der Waals surface area (Å²) in [4.78, 5) is 128. The standard InChI is InChI=1S/2C30H22N4O2.C18H14O6.C6H8N2.5C2H6.CH3I.3CH4.3HI.V/c1-13-15(3)23-26-22(28-32-18-10-6-8-12-20(18)34(28)29(23)35)14(2)16(4)24-25(26)21(13)27-31-17-9-5-7-11-19(17)33(27)30(24)36;1-13-14(2)22-26-24(30(36)34-20-12-8-6-10-18(20)32-28(22)34)16(4)15(3)23-25(26)21(13)27-31-17-9-5-7-11-19(17)33(27)29(23)35;1-5-6(2)10-14-12(18(22)24-16(10)20)8(4)7(3)11-13(14)9(5)15(19)23-17(11)21;7-5-3-1-2-4-6(5)8;6*1-2;;;;;;;/h2*5-12,25-26H,1-4H3;13-14H,1-4H3;1-4H,7-8H2;5*1-2H3;1H3;3*1H4;3*1H;/q;;;;;;;;;;;;;;;;+3/p-3. The number of halogens is 4. The van der Waals surface area contributed by atoms with Crippen molar-refractivity contribution in [3.05, 3.63) is 256 Å². The molecule has 0 bridgehead atoms. The van der Waals surface area contributed by atoms with Crippen molar-refractivity contribution >= 4 is 208 Å². The third-order valence-corrected chi connectivity index (χ3v) is 24.1. The van der Waals surface area contributed by atoms with Gasteiger partial charge in [-0.05, 0) is 216 Å². The molecule has 0 radical (unpaired) electrons. The number of ether oxygens (including phenoxy) is 2. The second-order valence-electron chi connectivity index (χ2n) is 28.8. The summed E-state index contributed by atoms with van der Waals surface area (Å²) in [5, 5.41) is 0. The molecule has 0 spiro atoms. The molecule has 4 unspecified atom stereocenters. The summed E-state index contributed by atoms with van der Waals surface area (Å²) in [6.07, 6.45) is 0. The zero-order chi connectivity index (χ0) is 88.3. The number of carbonyl (C=O) groups excluding carboxylic acids is 8. The van der Waals surface area contributed by atoms with Crippen LogP contribution in [0.2, 0.25) is 0 Å². The van der Waals surface area contributed by atoms with Gasteiger partial charge in [0.1, 0.15) is 23.3 Å². The van der Waals surface area contributed by atoms with Gasteiger partial charge in [-0.3, -0.25) is 37.4 Å². The fourth-order valence-corrected chi connectivity index (χ4v) is 18.6. The fourth-order valence-electron chi connectivity index (χ4n) is 18.6. The summed E-state index contributed by atoms with van der Waals surface area (Å²) in [6, 6.07) is 38.4. The maximum atomic E-state index is 14.2. The molecule has 6 aliphatic heterocycles. The molecule has 20 nitrogen and oxygen atoms in total. The van der Waals surface area contributed by atoms with E-state index in [4.69, 9.17) is 40.9 Å². The number of hydrogen-bond acceptors (Lipinski definition) is 16. The van der Waals surface area contributed by atoms with E-state index in [0.717, 1.165) is 133 Å². The molecule has 123 heavy (non-hydrogen) atoms. The molecule has 0 saturated carbocycles. The van der Waals surface area contributed by atoms with Crippen LogP contribution in [0.25, 0.3) is 66.4 Å². The summed E-state index contributed by atoms with van der Waals surface area (Å²) in [5.74, 6) is -2.52. The molecule has 4 aromatic heterocycles. The molecule has 4 N–H and O–H groups in total. The van der Waals surface area contributed by atoms with E-state index >= 15 is 0 Å². The van der Waals surface area contributed by atoms with Crippen molar-refractivity contribution in [1.82, 2.24) is 38.2 Å². The van der Waals surface area contributed by atoms with Gasteiger partial charge in [0.05, 0.1) is 55.5 Å². The quantitative estimate of drug-likeness (QED) is 0.0469. The van der Waals surface area contributed by atoms with Gasteiger partial charge in [-0.1, -0.05) is 175 Å². The first-order valence-electron chi connectivity index (χ1n) is 40.5. The van der Waals surface area contributed by atoms with Crippen LogP contribution in [-0.2, 0) is 33.6 Å². The molecule has 21 rings (SSSR count). The Labute approximate surface area is 773 Å². The molecule has 12 aliphatic rings. The summed E-state index contributed by atoms with van der Waals surface area (Å²) in [6.45, 7) is 43.3. The van der Waals surface area contributed by atoms with Crippen molar-refractivity contribution < 1.29 is 52.8 Å². The zero-order valence-corrected chi connectivity index (χ0v) is 81.8. The minimum absolute atomic E-state index is 0. The summed E-state index contributed by atoms with van der Waals surface area (Å²) >= 11 is 9.54. The van der Waals surface area contributed by atoms with Gasteiger partial charge >= 0.3 is 88.7 Å². The van der Waals surface area contributed by atoms with E-state index in [9.17, 15) is 38.4 Å². The van der Waals surface area contributed by atoms with Crippen molar-refractivity contribution in [1.29, 1.82) is 0 Å². The second kappa shape index (κ2) is 40.1. The third kappa shape index (κ3) is 15.7. The number of nitrogens with two attached hydrogens (primary N) is 2. The van der Waals surface area contributed by atoms with Crippen LogP contribution in [-0.4, -0.2) is 90.6 Å². The Morgan fingerprint density at radius 2 is 0.415 bits per heavy atom. The predicted molar refractivity (Wildman–Crippen MR) is 531 cm³/mol. The van der Waals surface area contributed by atoms with Crippen molar-refractivity contribution in [2.75, 3.05) is 16.4 Å². The van der Waals surface area contributed by atoms with Crippen molar-refractivity contribution in [2.24, 2.45) is 35.5 Å². The van der Waals surface area contributed by atoms with E-state index in [1.54, 1.807) is 58.1 Å². The molecule has 10 heterocycles. The Bertz CT molecular complexity index is 5930. The number of nitrogens with zero attached hydrogens (tertiary/aromatic N) is 8. The van der Waals surface area contributed by atoms with Crippen LogP contribution in [0, 0.1) is 35.5 Å². The van der Waals surface area contributed by atoms with Crippen LogP contribution < -0.4 is 11.5 Å². The van der Waals surface area contributed by atoms with Gasteiger partial charge in [-0.25, -0.2) is 39.1 Å². The number of alkyl halides is 1. The summed E-state index contributed by atoms with van der Waals surface area (Å²) in [5.41, 5.74) is 37.6. The number of anilines is 2. The molecule has 9 aromatic rings. The number of rotatable bonds is 0. The topological polar surface area (TPSA) is 278 Å². The second-order valence-corrected chi connectivity index (χ2v) is 64.1. The van der Waals surface area contributed by atoms with E-state index in [1.807, 2.05) is 211 Å². The number of aromatic nitrogens is 8. The Hall–Kier alpha value is -9.08. The fraction of sp³-hybridized carbons (Fsp3) is 0.327. The van der Waals surface area contributed by atoms with Crippen LogP contribution in [0.1, 0.15) is 217 Å². The minimum atomic E-state index is -0.706. The van der Waals surface area contributed by atoms with Gasteiger partial charge in [0.2, 0.25) is 0 Å². The number of imidazole rings is 4. The first-order chi connectivity index (χ1) is 57.6. The monoisotopic (exact) mass is 2150 g/mol. The van der Waals surface area contributed by atoms with E-state index in [2.05, 4.69) is 110 Å². The molecular weight excluding hydrogens is 2040 g/mol. The van der Waals surface area contributed by atoms with E-state index < -0.39 is 35.7 Å². The molecule has 5 aromatic carbocycles. The molecule has 0 amide bonds. The Kier molecular flexibility index (Phi) is 32.4. The van der Waals surface area contributed by atoms with E-state index in [1.165, 1.54) is 0 Å². The zero-order valence-electron chi connectivity index (χ0n) is 71.8. The van der Waals surface area contributed by atoms with E-state index in [0.29, 0.717) is 79.3 Å². The molecule has 25 heteroatoms. The Balaban J connectivity index is 0.000000203. The van der Waals surface area contributed by atoms with Gasteiger partial charge in [0.25, 0.3) is 23.6 Å². The average Bonchev–Trinajstić information content (AvgIpc) is 1.63. The van der Waals surface area contributed by atoms with Crippen molar-refractivity contribution in [3.63, 3.8) is 0 Å². The summed E-state index contributed by atoms with van der Waals surface area (Å²) in [7, 11) is 0. The number of para-hydroxylation sites is 10. The van der Waals surface area contributed by atoms with Crippen LogP contribution >= 0.6 is 82.5 Å². The number of fused-ring (bicyclic) bond motifs is 16. The first kappa shape index (κ1) is 99.3. The number of benzene rings is 5. The van der Waals surface area contributed by atoms with Crippen LogP contribution in [0.3, 0.4) is 0 Å². The SMILES string of the molecule is C.C.C.CC.CC.CC.CC.CC.CC1=C2C(=O)OC(=O)C3=C(C)C(C)=C4C(=O)OC(=O)C(=C1C)C4C23.CC1=C2C(=O)n3c(nc4ccccc43)C3=C(C)C(C)=C4C(=O)n5c(nc6ccccc65)C(=C1C)C4C23.CC1=C2C(=O)n3c(nc4ccccc43)C3=C(C)C(C)=C4c5nc6ccccc6n5C(=O)C(=C1C)C4C23.CI.Nc1ccccc1N.[I][V]([I])[I]. The van der Waals surface area contributed by atoms with Crippen LogP contribution in [0.4, 0.5) is 11.4 Å². The molecule has 646 valence electrons. The maximum absolute atomic E-state index is 14.2. The van der Waals surface area contributed by atoms with E-state index in [-0.39, 0.29) is 74.5 Å². The number of nitrogen functional groups attached to an aromatic ring is 2. The van der Waals surface area contributed by atoms with Gasteiger partial charge in [-0.2, -0.15) is 0 Å².